The van der Waals surface area contributed by atoms with Crippen LogP contribution in [0.5, 0.6) is 0 Å². The fourth-order valence-electron chi connectivity index (χ4n) is 1.25. The van der Waals surface area contributed by atoms with Gasteiger partial charge in [-0.1, -0.05) is 13.8 Å². The van der Waals surface area contributed by atoms with E-state index in [2.05, 4.69) is 15.6 Å². The van der Waals surface area contributed by atoms with Gasteiger partial charge in [0.25, 0.3) is 0 Å². The second-order valence-corrected chi connectivity index (χ2v) is 6.59. The van der Waals surface area contributed by atoms with E-state index in [1.54, 1.807) is 5.38 Å². The highest BCUT2D eigenvalue weighted by Gasteiger charge is 2.14. The summed E-state index contributed by atoms with van der Waals surface area (Å²) in [6.07, 6.45) is 0.185. The molecular weight excluding hydrogens is 347 g/mol. The van der Waals surface area contributed by atoms with Crippen molar-refractivity contribution in [3.63, 3.8) is 0 Å². The van der Waals surface area contributed by atoms with E-state index in [4.69, 9.17) is 5.73 Å². The molecule has 22 heavy (non-hydrogen) atoms. The minimum atomic E-state index is -0.436. The Hall–Kier alpha value is -0.890. The van der Waals surface area contributed by atoms with Gasteiger partial charge in [0.1, 0.15) is 0 Å². The fraction of sp³-hybridized carbons (Fsp3) is 0.615. The molecule has 0 spiro atoms. The number of anilines is 1. The Labute approximate surface area is 147 Å². The van der Waals surface area contributed by atoms with Crippen molar-refractivity contribution in [3.05, 3.63) is 11.1 Å². The molecule has 128 valence electrons. The van der Waals surface area contributed by atoms with Crippen molar-refractivity contribution in [1.29, 1.82) is 0 Å². The van der Waals surface area contributed by atoms with Crippen molar-refractivity contribution < 1.29 is 9.59 Å². The minimum absolute atomic E-state index is 0. The lowest BCUT2D eigenvalue weighted by Crippen LogP contribution is -2.45. The molecule has 4 N–H and O–H groups in total. The van der Waals surface area contributed by atoms with Gasteiger partial charge in [-0.05, 0) is 13.8 Å². The maximum absolute atomic E-state index is 11.7. The summed E-state index contributed by atoms with van der Waals surface area (Å²) < 4.78 is 0. The highest BCUT2D eigenvalue weighted by Crippen LogP contribution is 2.16. The molecule has 0 unspecified atom stereocenters. The molecular formula is C13H24Cl2N4O2S. The molecule has 0 aliphatic rings. The zero-order valence-corrected chi connectivity index (χ0v) is 15.6. The SMILES string of the molecule is CC(C)C(=O)Nc1nc(CC(=O)NCC(C)(C)N)cs1.Cl.Cl. The van der Waals surface area contributed by atoms with Crippen LogP contribution >= 0.6 is 36.2 Å². The van der Waals surface area contributed by atoms with E-state index in [1.165, 1.54) is 11.3 Å². The Balaban J connectivity index is 0. The molecule has 1 rings (SSSR count). The zero-order chi connectivity index (χ0) is 15.3. The standard InChI is InChI=1S/C13H22N4O2S.2ClH/c1-8(2)11(19)17-12-16-9(6-20-12)5-10(18)15-7-13(3,4)14;;/h6,8H,5,7,14H2,1-4H3,(H,15,18)(H,16,17,19);2*1H. The summed E-state index contributed by atoms with van der Waals surface area (Å²) >= 11 is 1.31. The van der Waals surface area contributed by atoms with Gasteiger partial charge in [0.05, 0.1) is 12.1 Å². The Morgan fingerprint density at radius 2 is 1.95 bits per heavy atom. The molecule has 0 fully saturated rings. The zero-order valence-electron chi connectivity index (χ0n) is 13.1. The van der Waals surface area contributed by atoms with Gasteiger partial charge in [-0.15, -0.1) is 36.2 Å². The maximum atomic E-state index is 11.7. The first-order valence-corrected chi connectivity index (χ1v) is 7.36. The summed E-state index contributed by atoms with van der Waals surface area (Å²) in [5.74, 6) is -0.312. The van der Waals surface area contributed by atoms with Crippen molar-refractivity contribution in [2.24, 2.45) is 11.7 Å². The highest BCUT2D eigenvalue weighted by atomic mass is 35.5. The van der Waals surface area contributed by atoms with E-state index >= 15 is 0 Å². The van der Waals surface area contributed by atoms with Crippen LogP contribution in [0.4, 0.5) is 5.13 Å². The monoisotopic (exact) mass is 370 g/mol. The summed E-state index contributed by atoms with van der Waals surface area (Å²) in [4.78, 5) is 27.4. The number of nitrogens with two attached hydrogens (primary N) is 1. The number of nitrogens with zero attached hydrogens (tertiary/aromatic N) is 1. The largest absolute Gasteiger partial charge is 0.354 e. The minimum Gasteiger partial charge on any atom is -0.354 e. The van der Waals surface area contributed by atoms with E-state index in [0.717, 1.165) is 0 Å². The summed E-state index contributed by atoms with van der Waals surface area (Å²) in [5, 5.41) is 7.75. The number of aromatic nitrogens is 1. The van der Waals surface area contributed by atoms with Crippen molar-refractivity contribution in [2.45, 2.75) is 39.7 Å². The van der Waals surface area contributed by atoms with E-state index < -0.39 is 5.54 Å². The number of hydrogen-bond acceptors (Lipinski definition) is 5. The fourth-order valence-corrected chi connectivity index (χ4v) is 1.96. The number of nitrogens with one attached hydrogen (secondary N) is 2. The Kier molecular flexibility index (Phi) is 10.6. The second kappa shape index (κ2) is 9.99. The van der Waals surface area contributed by atoms with Crippen molar-refractivity contribution in [1.82, 2.24) is 10.3 Å². The molecule has 0 aliphatic carbocycles. The van der Waals surface area contributed by atoms with E-state index in [1.807, 2.05) is 27.7 Å². The van der Waals surface area contributed by atoms with Crippen LogP contribution in [0.3, 0.4) is 0 Å². The maximum Gasteiger partial charge on any atom is 0.228 e. The molecule has 0 atom stereocenters. The molecule has 1 aromatic rings. The molecule has 1 heterocycles. The predicted octanol–water partition coefficient (Wildman–Crippen LogP) is 1.98. The third-order valence-electron chi connectivity index (χ3n) is 2.39. The first-order valence-electron chi connectivity index (χ1n) is 6.48. The van der Waals surface area contributed by atoms with Crippen LogP contribution in [0.25, 0.3) is 0 Å². The molecule has 1 aromatic heterocycles. The number of carbonyl (C=O) groups excluding carboxylic acids is 2. The van der Waals surface area contributed by atoms with Gasteiger partial charge >= 0.3 is 0 Å². The average Bonchev–Trinajstić information content (AvgIpc) is 2.73. The van der Waals surface area contributed by atoms with Crippen molar-refractivity contribution >= 4 is 53.1 Å². The molecule has 2 amide bonds. The number of amides is 2. The average molecular weight is 371 g/mol. The highest BCUT2D eigenvalue weighted by molar-refractivity contribution is 7.13. The predicted molar refractivity (Wildman–Crippen MR) is 95.1 cm³/mol. The lowest BCUT2D eigenvalue weighted by Gasteiger charge is -2.18. The van der Waals surface area contributed by atoms with Crippen LogP contribution in [0.15, 0.2) is 5.38 Å². The number of carbonyl (C=O) groups is 2. The summed E-state index contributed by atoms with van der Waals surface area (Å²) in [7, 11) is 0. The number of rotatable bonds is 6. The van der Waals surface area contributed by atoms with Crippen LogP contribution in [-0.4, -0.2) is 28.9 Å². The third kappa shape index (κ3) is 9.19. The normalized spacial score (nSPS) is 10.5. The van der Waals surface area contributed by atoms with Crippen LogP contribution in [0, 0.1) is 5.92 Å². The first kappa shape index (κ1) is 23.4. The Morgan fingerprint density at radius 1 is 1.36 bits per heavy atom. The summed E-state index contributed by atoms with van der Waals surface area (Å²) in [6.45, 7) is 7.72. The first-order chi connectivity index (χ1) is 9.17. The van der Waals surface area contributed by atoms with Crippen LogP contribution in [0.2, 0.25) is 0 Å². The quantitative estimate of drug-likeness (QED) is 0.712. The van der Waals surface area contributed by atoms with Gasteiger partial charge in [-0.3, -0.25) is 9.59 Å². The van der Waals surface area contributed by atoms with E-state index in [-0.39, 0.29) is 49.0 Å². The van der Waals surface area contributed by atoms with Gasteiger partial charge in [0.15, 0.2) is 5.13 Å². The topological polar surface area (TPSA) is 97.1 Å². The smallest absolute Gasteiger partial charge is 0.228 e. The van der Waals surface area contributed by atoms with Crippen LogP contribution < -0.4 is 16.4 Å². The molecule has 9 heteroatoms. The van der Waals surface area contributed by atoms with Crippen LogP contribution in [0.1, 0.15) is 33.4 Å². The molecule has 0 radical (unpaired) electrons. The molecule has 0 saturated carbocycles. The molecule has 6 nitrogen and oxygen atoms in total. The van der Waals surface area contributed by atoms with Crippen LogP contribution in [-0.2, 0) is 16.0 Å². The van der Waals surface area contributed by atoms with E-state index in [0.29, 0.717) is 17.4 Å². The lowest BCUT2D eigenvalue weighted by atomic mass is 10.1. The third-order valence-corrected chi connectivity index (χ3v) is 3.20. The molecule has 0 saturated heterocycles. The van der Waals surface area contributed by atoms with Gasteiger partial charge in [0, 0.05) is 23.4 Å². The molecule has 0 bridgehead atoms. The van der Waals surface area contributed by atoms with Gasteiger partial charge in [-0.2, -0.15) is 0 Å². The van der Waals surface area contributed by atoms with Gasteiger partial charge in [-0.25, -0.2) is 4.98 Å². The molecule has 0 aliphatic heterocycles. The second-order valence-electron chi connectivity index (χ2n) is 5.73. The van der Waals surface area contributed by atoms with Gasteiger partial charge in [0.2, 0.25) is 11.8 Å². The van der Waals surface area contributed by atoms with Crippen molar-refractivity contribution in [3.8, 4) is 0 Å². The molecule has 0 aromatic carbocycles. The summed E-state index contributed by atoms with van der Waals surface area (Å²) in [5.41, 5.74) is 5.99. The Bertz CT molecular complexity index is 487. The van der Waals surface area contributed by atoms with E-state index in [9.17, 15) is 9.59 Å². The summed E-state index contributed by atoms with van der Waals surface area (Å²) in [6, 6.07) is 0. The Morgan fingerprint density at radius 3 is 2.45 bits per heavy atom. The van der Waals surface area contributed by atoms with Crippen molar-refractivity contribution in [2.75, 3.05) is 11.9 Å². The number of hydrogen-bond donors (Lipinski definition) is 3. The van der Waals surface area contributed by atoms with Gasteiger partial charge < -0.3 is 16.4 Å². The number of thiazole rings is 1. The number of halogens is 2. The lowest BCUT2D eigenvalue weighted by molar-refractivity contribution is -0.120.